The lowest BCUT2D eigenvalue weighted by atomic mass is 9.67. The average molecular weight is 791 g/mol. The minimum atomic E-state index is -0.473. The molecule has 0 aliphatic heterocycles. The first kappa shape index (κ1) is 36.2. The van der Waals surface area contributed by atoms with E-state index in [1.54, 1.807) is 0 Å². The maximum Gasteiger partial charge on any atom is 0.160 e. The van der Waals surface area contributed by atoms with Crippen molar-refractivity contribution >= 4 is 10.8 Å². The SMILES string of the molecule is CC1(C)c2ccccc2-c2cccc(-c3cc(-c4ccc(-c5cccc6c5-c5ccccc5C6(c5ccccc5)c5ccccc5)c5ccccc45)nc(-c4ccccc4)n3)c21. The molecule has 0 atom stereocenters. The Hall–Kier alpha value is -7.68. The second kappa shape index (κ2) is 13.9. The first-order valence-corrected chi connectivity index (χ1v) is 21.6. The van der Waals surface area contributed by atoms with E-state index in [2.05, 4.69) is 226 Å². The van der Waals surface area contributed by atoms with Gasteiger partial charge in [0.1, 0.15) is 0 Å². The van der Waals surface area contributed by atoms with Crippen LogP contribution in [0.15, 0.2) is 218 Å². The van der Waals surface area contributed by atoms with Gasteiger partial charge in [0.15, 0.2) is 5.82 Å². The molecule has 12 rings (SSSR count). The largest absolute Gasteiger partial charge is 0.228 e. The third-order valence-electron chi connectivity index (χ3n) is 13.6. The summed E-state index contributed by atoms with van der Waals surface area (Å²) >= 11 is 0. The van der Waals surface area contributed by atoms with Crippen LogP contribution in [0.25, 0.3) is 78.1 Å². The van der Waals surface area contributed by atoms with Gasteiger partial charge < -0.3 is 0 Å². The van der Waals surface area contributed by atoms with E-state index in [0.717, 1.165) is 33.5 Å². The first-order chi connectivity index (χ1) is 30.5. The molecule has 0 radical (unpaired) electrons. The molecule has 0 N–H and O–H groups in total. The van der Waals surface area contributed by atoms with Gasteiger partial charge in [-0.1, -0.05) is 226 Å². The van der Waals surface area contributed by atoms with E-state index in [1.165, 1.54) is 72.1 Å². The highest BCUT2D eigenvalue weighted by Crippen LogP contribution is 2.59. The number of aromatic nitrogens is 2. The maximum absolute atomic E-state index is 5.38. The highest BCUT2D eigenvalue weighted by molar-refractivity contribution is 6.08. The number of benzene rings is 9. The van der Waals surface area contributed by atoms with Crippen LogP contribution in [-0.4, -0.2) is 9.97 Å². The standard InChI is InChI=1S/C60H42N2/c1-59(2)51-33-16-14-28-45(51)48-31-18-32-50(57(48)59)55-38-54(61-58(62-55)39-20-6-3-7-21-39)46-37-36-44(42-26-12-13-27-43(42)46)47-30-19-35-53-56(47)49-29-15-17-34-52(49)60(53,40-22-8-4-9-23-40)41-24-10-5-11-25-41/h3-38H,1-2H3. The lowest BCUT2D eigenvalue weighted by Gasteiger charge is -2.34. The Kier molecular flexibility index (Phi) is 8.14. The van der Waals surface area contributed by atoms with Crippen molar-refractivity contribution in [2.45, 2.75) is 24.7 Å². The highest BCUT2D eigenvalue weighted by atomic mass is 14.9. The summed E-state index contributed by atoms with van der Waals surface area (Å²) in [7, 11) is 0. The zero-order valence-electron chi connectivity index (χ0n) is 34.7. The van der Waals surface area contributed by atoms with E-state index in [1.807, 2.05) is 6.07 Å². The zero-order valence-corrected chi connectivity index (χ0v) is 34.7. The van der Waals surface area contributed by atoms with Crippen molar-refractivity contribution in [2.24, 2.45) is 0 Å². The molecule has 0 saturated heterocycles. The van der Waals surface area contributed by atoms with Crippen LogP contribution in [0, 0.1) is 0 Å². The molecule has 0 saturated carbocycles. The van der Waals surface area contributed by atoms with Gasteiger partial charge in [0.05, 0.1) is 16.8 Å². The average Bonchev–Trinajstić information content (AvgIpc) is 3.78. The van der Waals surface area contributed by atoms with Gasteiger partial charge in [-0.3, -0.25) is 0 Å². The monoisotopic (exact) mass is 790 g/mol. The second-order valence-electron chi connectivity index (χ2n) is 17.2. The van der Waals surface area contributed by atoms with Gasteiger partial charge in [0.2, 0.25) is 0 Å². The Morgan fingerprint density at radius 3 is 1.53 bits per heavy atom. The van der Waals surface area contributed by atoms with Crippen LogP contribution in [0.2, 0.25) is 0 Å². The fraction of sp³-hybridized carbons (Fsp3) is 0.0667. The lowest BCUT2D eigenvalue weighted by Crippen LogP contribution is -2.28. The third kappa shape index (κ3) is 5.23. The summed E-state index contributed by atoms with van der Waals surface area (Å²) in [6.45, 7) is 4.69. The molecular weight excluding hydrogens is 749 g/mol. The van der Waals surface area contributed by atoms with Gasteiger partial charge in [-0.15, -0.1) is 0 Å². The molecule has 1 heterocycles. The van der Waals surface area contributed by atoms with Crippen LogP contribution in [-0.2, 0) is 10.8 Å². The van der Waals surface area contributed by atoms with Crippen molar-refractivity contribution in [1.29, 1.82) is 0 Å². The number of hydrogen-bond acceptors (Lipinski definition) is 2. The van der Waals surface area contributed by atoms with Crippen LogP contribution in [0.5, 0.6) is 0 Å². The Labute approximate surface area is 362 Å². The van der Waals surface area contributed by atoms with Gasteiger partial charge in [-0.05, 0) is 83.6 Å². The van der Waals surface area contributed by atoms with Gasteiger partial charge >= 0.3 is 0 Å². The molecule has 2 heteroatoms. The molecule has 0 amide bonds. The molecule has 2 nitrogen and oxygen atoms in total. The summed E-state index contributed by atoms with van der Waals surface area (Å²) in [5.74, 6) is 0.716. The Bertz CT molecular complexity index is 3330. The molecule has 9 aromatic carbocycles. The van der Waals surface area contributed by atoms with Gasteiger partial charge in [-0.25, -0.2) is 9.97 Å². The number of nitrogens with zero attached hydrogens (tertiary/aromatic N) is 2. The third-order valence-corrected chi connectivity index (χ3v) is 13.6. The van der Waals surface area contributed by atoms with Gasteiger partial charge in [0.25, 0.3) is 0 Å². The van der Waals surface area contributed by atoms with E-state index >= 15 is 0 Å². The normalized spacial score (nSPS) is 13.9. The van der Waals surface area contributed by atoms with Crippen LogP contribution in [0.3, 0.4) is 0 Å². The van der Waals surface area contributed by atoms with Gasteiger partial charge in [-0.2, -0.15) is 0 Å². The smallest absolute Gasteiger partial charge is 0.160 e. The molecule has 2 aliphatic rings. The summed E-state index contributed by atoms with van der Waals surface area (Å²) in [6.07, 6.45) is 0. The summed E-state index contributed by atoms with van der Waals surface area (Å²) in [5, 5.41) is 2.34. The number of hydrogen-bond donors (Lipinski definition) is 0. The van der Waals surface area contributed by atoms with E-state index in [4.69, 9.17) is 9.97 Å². The van der Waals surface area contributed by atoms with E-state index < -0.39 is 5.41 Å². The van der Waals surface area contributed by atoms with Crippen molar-refractivity contribution in [3.8, 4) is 67.3 Å². The number of fused-ring (bicyclic) bond motifs is 7. The molecular formula is C60H42N2. The zero-order chi connectivity index (χ0) is 41.4. The minimum absolute atomic E-state index is 0.192. The van der Waals surface area contributed by atoms with Crippen molar-refractivity contribution in [3.05, 3.63) is 252 Å². The predicted octanol–water partition coefficient (Wildman–Crippen LogP) is 15.0. The molecule has 0 unspecified atom stereocenters. The molecule has 0 spiro atoms. The Morgan fingerprint density at radius 1 is 0.339 bits per heavy atom. The van der Waals surface area contributed by atoms with Crippen molar-refractivity contribution in [1.82, 2.24) is 9.97 Å². The van der Waals surface area contributed by atoms with Crippen molar-refractivity contribution in [3.63, 3.8) is 0 Å². The van der Waals surface area contributed by atoms with Gasteiger partial charge in [0, 0.05) is 22.1 Å². The Balaban J connectivity index is 1.08. The predicted molar refractivity (Wildman–Crippen MR) is 256 cm³/mol. The number of rotatable bonds is 6. The van der Waals surface area contributed by atoms with Crippen LogP contribution in [0.4, 0.5) is 0 Å². The summed E-state index contributed by atoms with van der Waals surface area (Å²) in [6, 6.07) is 79.6. The molecule has 62 heavy (non-hydrogen) atoms. The van der Waals surface area contributed by atoms with Crippen molar-refractivity contribution in [2.75, 3.05) is 0 Å². The molecule has 1 aromatic heterocycles. The van der Waals surface area contributed by atoms with Crippen LogP contribution < -0.4 is 0 Å². The fourth-order valence-corrected chi connectivity index (χ4v) is 11.0. The molecule has 0 bridgehead atoms. The summed E-state index contributed by atoms with van der Waals surface area (Å²) in [5.41, 5.74) is 19.7. The second-order valence-corrected chi connectivity index (χ2v) is 17.2. The first-order valence-electron chi connectivity index (χ1n) is 21.6. The van der Waals surface area contributed by atoms with E-state index in [0.29, 0.717) is 5.82 Å². The van der Waals surface area contributed by atoms with Crippen LogP contribution in [0.1, 0.15) is 47.2 Å². The molecule has 0 fully saturated rings. The van der Waals surface area contributed by atoms with E-state index in [-0.39, 0.29) is 5.41 Å². The Morgan fingerprint density at radius 2 is 0.823 bits per heavy atom. The van der Waals surface area contributed by atoms with Crippen LogP contribution >= 0.6 is 0 Å². The fourth-order valence-electron chi connectivity index (χ4n) is 11.0. The van der Waals surface area contributed by atoms with Crippen molar-refractivity contribution < 1.29 is 0 Å². The lowest BCUT2D eigenvalue weighted by molar-refractivity contribution is 0.662. The summed E-state index contributed by atoms with van der Waals surface area (Å²) in [4.78, 5) is 10.7. The quantitative estimate of drug-likeness (QED) is 0.168. The topological polar surface area (TPSA) is 25.8 Å². The van der Waals surface area contributed by atoms with E-state index in [9.17, 15) is 0 Å². The molecule has 10 aromatic rings. The minimum Gasteiger partial charge on any atom is -0.228 e. The maximum atomic E-state index is 5.38. The highest BCUT2D eigenvalue weighted by Gasteiger charge is 2.47. The molecule has 292 valence electrons. The molecule has 2 aliphatic carbocycles. The summed E-state index contributed by atoms with van der Waals surface area (Å²) < 4.78 is 0.